The third kappa shape index (κ3) is 8.75. The van der Waals surface area contributed by atoms with Crippen molar-refractivity contribution in [1.82, 2.24) is 15.0 Å². The summed E-state index contributed by atoms with van der Waals surface area (Å²) in [5.41, 5.74) is 2.40. The predicted molar refractivity (Wildman–Crippen MR) is 211 cm³/mol. The van der Waals surface area contributed by atoms with Crippen LogP contribution in [0.4, 0.5) is 4.79 Å². The number of aromatic nitrogens is 1. The van der Waals surface area contributed by atoms with Crippen molar-refractivity contribution in [2.75, 3.05) is 40.4 Å². The SMILES string of the molecule is CN(C)Cc1c(OCC2CC2CO[Si](c2ccccc2)(c2ccccc2)C(C)(C)C)ccc2c(CCC3CCN(C(=O)OC(C)(C)C)CC3)noc12. The van der Waals surface area contributed by atoms with Crippen LogP contribution in [0.2, 0.25) is 5.04 Å². The highest BCUT2D eigenvalue weighted by Crippen LogP contribution is 2.43. The summed E-state index contributed by atoms with van der Waals surface area (Å²) in [5.74, 6) is 2.34. The maximum absolute atomic E-state index is 12.5. The molecule has 2 unspecified atom stereocenters. The average molecular weight is 726 g/mol. The van der Waals surface area contributed by atoms with Gasteiger partial charge >= 0.3 is 6.09 Å². The quantitative estimate of drug-likeness (QED) is 0.129. The monoisotopic (exact) mass is 725 g/mol. The Hall–Kier alpha value is -3.66. The van der Waals surface area contributed by atoms with E-state index in [1.807, 2.05) is 25.7 Å². The molecular formula is C43H59N3O5Si. The Labute approximate surface area is 311 Å². The van der Waals surface area contributed by atoms with E-state index in [9.17, 15) is 4.79 Å². The van der Waals surface area contributed by atoms with Gasteiger partial charge in [0.1, 0.15) is 11.4 Å². The topological polar surface area (TPSA) is 77.3 Å². The summed E-state index contributed by atoms with van der Waals surface area (Å²) in [6.45, 7) is 16.3. The summed E-state index contributed by atoms with van der Waals surface area (Å²) >= 11 is 0. The lowest BCUT2D eigenvalue weighted by Crippen LogP contribution is -2.66. The van der Waals surface area contributed by atoms with E-state index in [2.05, 4.69) is 118 Å². The van der Waals surface area contributed by atoms with Gasteiger partial charge in [0.15, 0.2) is 5.58 Å². The second-order valence-corrected chi connectivity index (χ2v) is 21.6. The highest BCUT2D eigenvalue weighted by Gasteiger charge is 2.51. The van der Waals surface area contributed by atoms with Crippen molar-refractivity contribution < 1.29 is 23.2 Å². The minimum Gasteiger partial charge on any atom is -0.493 e. The van der Waals surface area contributed by atoms with Crippen molar-refractivity contribution in [2.24, 2.45) is 17.8 Å². The van der Waals surface area contributed by atoms with Gasteiger partial charge in [0.2, 0.25) is 0 Å². The number of carbonyl (C=O) groups excluding carboxylic acids is 1. The van der Waals surface area contributed by atoms with Gasteiger partial charge in [0.25, 0.3) is 8.32 Å². The molecule has 2 aliphatic rings. The molecular weight excluding hydrogens is 667 g/mol. The number of piperidine rings is 1. The first-order chi connectivity index (χ1) is 24.7. The zero-order valence-electron chi connectivity index (χ0n) is 32.6. The molecule has 0 spiro atoms. The van der Waals surface area contributed by atoms with Crippen molar-refractivity contribution in [2.45, 2.75) is 90.8 Å². The molecule has 3 aromatic carbocycles. The van der Waals surface area contributed by atoms with E-state index >= 15 is 0 Å². The van der Waals surface area contributed by atoms with Crippen LogP contribution in [0.25, 0.3) is 11.0 Å². The van der Waals surface area contributed by atoms with Crippen LogP contribution in [-0.4, -0.2) is 75.4 Å². The van der Waals surface area contributed by atoms with Gasteiger partial charge < -0.3 is 28.2 Å². The first-order valence-electron chi connectivity index (χ1n) is 19.2. The van der Waals surface area contributed by atoms with Crippen LogP contribution in [0.1, 0.15) is 78.5 Å². The molecule has 1 saturated heterocycles. The van der Waals surface area contributed by atoms with Gasteiger partial charge in [-0.05, 0) is 112 Å². The minimum atomic E-state index is -2.56. The summed E-state index contributed by atoms with van der Waals surface area (Å²) < 4.78 is 25.5. The molecule has 9 heteroatoms. The summed E-state index contributed by atoms with van der Waals surface area (Å²) in [6, 6.07) is 26.0. The maximum Gasteiger partial charge on any atom is 0.410 e. The van der Waals surface area contributed by atoms with Crippen molar-refractivity contribution in [1.29, 1.82) is 0 Å². The second-order valence-electron chi connectivity index (χ2n) is 17.3. The molecule has 280 valence electrons. The van der Waals surface area contributed by atoms with Gasteiger partial charge in [0.05, 0.1) is 17.9 Å². The van der Waals surface area contributed by atoms with Gasteiger partial charge in [-0.15, -0.1) is 0 Å². The first-order valence-corrected chi connectivity index (χ1v) is 21.1. The average Bonchev–Trinajstić information content (AvgIpc) is 3.73. The lowest BCUT2D eigenvalue weighted by atomic mass is 9.91. The highest BCUT2D eigenvalue weighted by atomic mass is 28.4. The molecule has 8 nitrogen and oxygen atoms in total. The molecule has 1 saturated carbocycles. The van der Waals surface area contributed by atoms with E-state index in [4.69, 9.17) is 18.4 Å². The standard InChI is InChI=1S/C43H59N3O5Si/c1-42(2,3)50-41(47)46-25-23-31(24-26-46)19-21-38-36-20-22-39(37(28-45(7)8)40(36)51-44-38)48-29-32-27-33(32)30-49-52(43(4,5)6,34-15-11-9-12-16-34)35-17-13-10-14-18-35/h9-18,20,22,31-33H,19,21,23-30H2,1-8H3. The number of nitrogens with zero attached hydrogens (tertiary/aromatic N) is 3. The number of rotatable bonds is 13. The number of hydrogen-bond donors (Lipinski definition) is 0. The summed E-state index contributed by atoms with van der Waals surface area (Å²) in [5, 5.41) is 8.23. The van der Waals surface area contributed by atoms with E-state index < -0.39 is 13.9 Å². The van der Waals surface area contributed by atoms with E-state index in [0.717, 1.165) is 79.8 Å². The first kappa shape index (κ1) is 38.1. The molecule has 1 aromatic heterocycles. The minimum absolute atomic E-state index is 0.0393. The number of aryl methyl sites for hydroxylation is 1. The smallest absolute Gasteiger partial charge is 0.410 e. The number of hydrogen-bond acceptors (Lipinski definition) is 7. The third-order valence-electron chi connectivity index (χ3n) is 10.8. The van der Waals surface area contributed by atoms with Gasteiger partial charge in [-0.1, -0.05) is 86.6 Å². The van der Waals surface area contributed by atoms with Crippen LogP contribution in [0.5, 0.6) is 5.75 Å². The molecule has 4 aromatic rings. The summed E-state index contributed by atoms with van der Waals surface area (Å²) in [7, 11) is 1.58. The van der Waals surface area contributed by atoms with Crippen molar-refractivity contribution in [3.05, 3.63) is 84.1 Å². The summed E-state index contributed by atoms with van der Waals surface area (Å²) in [6.07, 6.45) is 4.71. The van der Waals surface area contributed by atoms with E-state index in [0.29, 0.717) is 30.9 Å². The number of benzene rings is 3. The number of carbonyl (C=O) groups is 1. The molecule has 2 fully saturated rings. The molecule has 52 heavy (non-hydrogen) atoms. The zero-order chi connectivity index (χ0) is 37.1. The molecule has 1 aliphatic carbocycles. The van der Waals surface area contributed by atoms with Gasteiger partial charge in [-0.3, -0.25) is 0 Å². The van der Waals surface area contributed by atoms with Crippen LogP contribution in [0.3, 0.4) is 0 Å². The molecule has 0 bridgehead atoms. The van der Waals surface area contributed by atoms with E-state index in [1.165, 1.54) is 10.4 Å². The number of ether oxygens (including phenoxy) is 2. The number of likely N-dealkylation sites (tertiary alicyclic amines) is 1. The molecule has 2 heterocycles. The molecule has 1 aliphatic heterocycles. The van der Waals surface area contributed by atoms with Crippen molar-refractivity contribution >= 4 is 35.8 Å². The van der Waals surface area contributed by atoms with Crippen LogP contribution in [0.15, 0.2) is 77.3 Å². The maximum atomic E-state index is 12.5. The Morgan fingerprint density at radius 2 is 1.50 bits per heavy atom. The number of amides is 1. The molecule has 1 amide bonds. The van der Waals surface area contributed by atoms with Crippen LogP contribution < -0.4 is 15.1 Å². The van der Waals surface area contributed by atoms with Crippen molar-refractivity contribution in [3.63, 3.8) is 0 Å². The van der Waals surface area contributed by atoms with E-state index in [1.54, 1.807) is 0 Å². The molecule has 0 radical (unpaired) electrons. The largest absolute Gasteiger partial charge is 0.493 e. The highest BCUT2D eigenvalue weighted by molar-refractivity contribution is 6.99. The lowest BCUT2D eigenvalue weighted by molar-refractivity contribution is 0.0181. The second kappa shape index (κ2) is 15.7. The molecule has 0 N–H and O–H groups in total. The Balaban J connectivity index is 1.08. The summed E-state index contributed by atoms with van der Waals surface area (Å²) in [4.78, 5) is 16.5. The normalized spacial score (nSPS) is 18.6. The van der Waals surface area contributed by atoms with Gasteiger partial charge in [-0.25, -0.2) is 4.79 Å². The fourth-order valence-electron chi connectivity index (χ4n) is 7.85. The van der Waals surface area contributed by atoms with Gasteiger partial charge in [0, 0.05) is 31.6 Å². The van der Waals surface area contributed by atoms with Crippen LogP contribution in [-0.2, 0) is 22.1 Å². The predicted octanol–water partition coefficient (Wildman–Crippen LogP) is 8.06. The van der Waals surface area contributed by atoms with Crippen LogP contribution in [0, 0.1) is 17.8 Å². The lowest BCUT2D eigenvalue weighted by Gasteiger charge is -2.43. The Bertz CT molecular complexity index is 1730. The Morgan fingerprint density at radius 1 is 0.885 bits per heavy atom. The van der Waals surface area contributed by atoms with Crippen molar-refractivity contribution in [3.8, 4) is 5.75 Å². The Kier molecular flexibility index (Phi) is 11.5. The van der Waals surface area contributed by atoms with E-state index in [-0.39, 0.29) is 11.1 Å². The van der Waals surface area contributed by atoms with Crippen LogP contribution >= 0.6 is 0 Å². The fraction of sp³-hybridized carbons (Fsp3) is 0.535. The van der Waals surface area contributed by atoms with Gasteiger partial charge in [-0.2, -0.15) is 0 Å². The molecule has 2 atom stereocenters. The fourth-order valence-corrected chi connectivity index (χ4v) is 12.5. The number of fused-ring (bicyclic) bond motifs is 1. The zero-order valence-corrected chi connectivity index (χ0v) is 33.6. The molecule has 6 rings (SSSR count). The third-order valence-corrected chi connectivity index (χ3v) is 15.8. The Morgan fingerprint density at radius 3 is 2.08 bits per heavy atom.